The van der Waals surface area contributed by atoms with Crippen molar-refractivity contribution in [2.45, 2.75) is 19.4 Å². The largest absolute Gasteiger partial charge is 0.353 e. The second-order valence-corrected chi connectivity index (χ2v) is 7.94. The Kier molecular flexibility index (Phi) is 5.41. The molecule has 0 bridgehead atoms. The number of rotatable bonds is 3. The Labute approximate surface area is 188 Å². The molecule has 168 valence electrons. The Morgan fingerprint density at radius 2 is 1.73 bits per heavy atom. The molecule has 1 aliphatic rings. The molecule has 0 N–H and O–H groups in total. The summed E-state index contributed by atoms with van der Waals surface area (Å²) in [5.41, 5.74) is 1.73. The van der Waals surface area contributed by atoms with Crippen molar-refractivity contribution in [1.82, 2.24) is 29.9 Å². The number of para-hydroxylation sites is 1. The lowest BCUT2D eigenvalue weighted by molar-refractivity contribution is 0.0705. The van der Waals surface area contributed by atoms with Crippen molar-refractivity contribution in [3.63, 3.8) is 0 Å². The highest BCUT2D eigenvalue weighted by molar-refractivity contribution is 5.98. The number of hydrogen-bond donors (Lipinski definition) is 0. The maximum Gasteiger partial charge on any atom is 0.256 e. The summed E-state index contributed by atoms with van der Waals surface area (Å²) in [5.74, 6) is -1.44. The lowest BCUT2D eigenvalue weighted by atomic mass is 10.1. The summed E-state index contributed by atoms with van der Waals surface area (Å²) >= 11 is 0. The number of benzene rings is 2. The third kappa shape index (κ3) is 3.99. The summed E-state index contributed by atoms with van der Waals surface area (Å²) in [7, 11) is 0. The van der Waals surface area contributed by atoms with E-state index in [2.05, 4.69) is 20.2 Å². The first-order valence-electron chi connectivity index (χ1n) is 10.6. The molecule has 8 nitrogen and oxygen atoms in total. The molecule has 10 heteroatoms. The van der Waals surface area contributed by atoms with Gasteiger partial charge in [-0.3, -0.25) is 9.78 Å². The number of carbonyl (C=O) groups is 1. The van der Waals surface area contributed by atoms with E-state index in [0.717, 1.165) is 12.1 Å². The van der Waals surface area contributed by atoms with Crippen molar-refractivity contribution in [1.29, 1.82) is 0 Å². The molecule has 0 aliphatic carbocycles. The molecule has 1 fully saturated rings. The predicted molar refractivity (Wildman–Crippen MR) is 118 cm³/mol. The van der Waals surface area contributed by atoms with Crippen LogP contribution in [-0.2, 0) is 0 Å². The van der Waals surface area contributed by atoms with Crippen LogP contribution in [0.5, 0.6) is 0 Å². The zero-order chi connectivity index (χ0) is 22.9. The molecule has 5 rings (SSSR count). The number of hydrogen-bond acceptors (Lipinski definition) is 6. The summed E-state index contributed by atoms with van der Waals surface area (Å²) in [6, 6.07) is 9.34. The van der Waals surface area contributed by atoms with Crippen molar-refractivity contribution < 1.29 is 13.6 Å². The molecule has 1 atom stereocenters. The van der Waals surface area contributed by atoms with E-state index >= 15 is 0 Å². The zero-order valence-corrected chi connectivity index (χ0v) is 17.9. The Hall–Kier alpha value is -3.95. The van der Waals surface area contributed by atoms with E-state index in [9.17, 15) is 13.6 Å². The van der Waals surface area contributed by atoms with Gasteiger partial charge in [0.05, 0.1) is 40.9 Å². The molecule has 1 aliphatic heterocycles. The molecule has 1 saturated heterocycles. The monoisotopic (exact) mass is 449 g/mol. The molecule has 0 saturated carbocycles. The van der Waals surface area contributed by atoms with Crippen LogP contribution in [0, 0.1) is 11.6 Å². The average molecular weight is 449 g/mol. The van der Waals surface area contributed by atoms with Crippen LogP contribution in [0.4, 0.5) is 14.6 Å². The van der Waals surface area contributed by atoms with E-state index in [1.165, 1.54) is 4.80 Å². The summed E-state index contributed by atoms with van der Waals surface area (Å²) in [6.07, 6.45) is 5.41. The smallest absolute Gasteiger partial charge is 0.256 e. The first-order valence-corrected chi connectivity index (χ1v) is 10.6. The fourth-order valence-corrected chi connectivity index (χ4v) is 4.06. The van der Waals surface area contributed by atoms with Crippen LogP contribution in [-0.4, -0.2) is 61.4 Å². The van der Waals surface area contributed by atoms with Gasteiger partial charge in [-0.1, -0.05) is 12.1 Å². The predicted octanol–water partition coefficient (Wildman–Crippen LogP) is 3.23. The van der Waals surface area contributed by atoms with Crippen LogP contribution >= 0.6 is 0 Å². The third-order valence-corrected chi connectivity index (χ3v) is 5.88. The molecule has 2 aromatic carbocycles. The number of halogens is 2. The molecule has 0 spiro atoms. The van der Waals surface area contributed by atoms with Crippen LogP contribution in [0.3, 0.4) is 0 Å². The average Bonchev–Trinajstić information content (AvgIpc) is 3.29. The normalized spacial score (nSPS) is 16.8. The number of fused-ring (bicyclic) bond motifs is 1. The highest BCUT2D eigenvalue weighted by Gasteiger charge is 2.28. The topological polar surface area (TPSA) is 80.0 Å². The van der Waals surface area contributed by atoms with E-state index in [1.54, 1.807) is 24.7 Å². The molecule has 2 aromatic heterocycles. The fraction of sp³-hybridized carbons (Fsp3) is 0.261. The van der Waals surface area contributed by atoms with E-state index in [0.29, 0.717) is 48.6 Å². The maximum atomic E-state index is 13.7. The first-order chi connectivity index (χ1) is 16.0. The minimum atomic E-state index is -0.958. The van der Waals surface area contributed by atoms with Crippen LogP contribution in [0.1, 0.15) is 23.7 Å². The van der Waals surface area contributed by atoms with Crippen molar-refractivity contribution in [2.75, 3.05) is 24.5 Å². The molecule has 0 radical (unpaired) electrons. The van der Waals surface area contributed by atoms with Crippen molar-refractivity contribution in [3.05, 3.63) is 72.2 Å². The summed E-state index contributed by atoms with van der Waals surface area (Å²) in [4.78, 5) is 27.5. The Morgan fingerprint density at radius 1 is 1.00 bits per heavy atom. The molecule has 33 heavy (non-hydrogen) atoms. The third-order valence-electron chi connectivity index (χ3n) is 5.88. The minimum absolute atomic E-state index is 0.0129. The van der Waals surface area contributed by atoms with Gasteiger partial charge in [0, 0.05) is 37.8 Å². The zero-order valence-electron chi connectivity index (χ0n) is 17.9. The van der Waals surface area contributed by atoms with Gasteiger partial charge in [0.15, 0.2) is 11.6 Å². The number of nitrogens with zero attached hydrogens (tertiary/aromatic N) is 7. The maximum absolute atomic E-state index is 13.7. The van der Waals surface area contributed by atoms with Crippen LogP contribution in [0.15, 0.2) is 55.0 Å². The quantitative estimate of drug-likeness (QED) is 0.478. The van der Waals surface area contributed by atoms with Gasteiger partial charge < -0.3 is 9.80 Å². The molecular formula is C23H21F2N7O. The second-order valence-electron chi connectivity index (χ2n) is 7.94. The van der Waals surface area contributed by atoms with E-state index in [-0.39, 0.29) is 17.5 Å². The molecule has 4 aromatic rings. The number of amides is 1. The van der Waals surface area contributed by atoms with Crippen molar-refractivity contribution in [3.8, 4) is 5.69 Å². The minimum Gasteiger partial charge on any atom is -0.353 e. The molecule has 0 unspecified atom stereocenters. The van der Waals surface area contributed by atoms with Crippen molar-refractivity contribution in [2.24, 2.45) is 0 Å². The fourth-order valence-electron chi connectivity index (χ4n) is 4.06. The van der Waals surface area contributed by atoms with E-state index < -0.39 is 11.6 Å². The molecule has 1 amide bonds. The van der Waals surface area contributed by atoms with E-state index in [1.807, 2.05) is 34.9 Å². The van der Waals surface area contributed by atoms with Crippen LogP contribution in [0.25, 0.3) is 16.7 Å². The number of aromatic nitrogens is 5. The lowest BCUT2D eigenvalue weighted by Crippen LogP contribution is -2.40. The number of carbonyl (C=O) groups excluding carboxylic acids is 1. The van der Waals surface area contributed by atoms with Gasteiger partial charge in [-0.05, 0) is 25.5 Å². The molecular weight excluding hydrogens is 428 g/mol. The first kappa shape index (κ1) is 20.9. The van der Waals surface area contributed by atoms with Gasteiger partial charge in [0.1, 0.15) is 5.82 Å². The number of anilines is 1. The standard InChI is InChI=1S/C23H21F2N7O/c1-15-6-9-30(22-14-26-19-12-17(24)18(25)13-20(19)29-22)10-11-31(15)23(33)16-4-2-3-5-21(16)32-27-7-8-28-32/h2-5,7-8,12-15H,6,9-11H2,1H3/t15-/m0/s1. The van der Waals surface area contributed by atoms with Crippen molar-refractivity contribution >= 4 is 22.8 Å². The van der Waals surface area contributed by atoms with E-state index in [4.69, 9.17) is 0 Å². The van der Waals surface area contributed by atoms with Gasteiger partial charge in [0.25, 0.3) is 5.91 Å². The SMILES string of the molecule is C[C@H]1CCN(c2cnc3cc(F)c(F)cc3n2)CCN1C(=O)c1ccccc1-n1nccn1. The summed E-state index contributed by atoms with van der Waals surface area (Å²) in [5, 5.41) is 8.32. The van der Waals surface area contributed by atoms with Crippen LogP contribution in [0.2, 0.25) is 0 Å². The van der Waals surface area contributed by atoms with Gasteiger partial charge in [-0.2, -0.15) is 15.0 Å². The van der Waals surface area contributed by atoms with Gasteiger partial charge in [-0.25, -0.2) is 13.8 Å². The Morgan fingerprint density at radius 3 is 2.52 bits per heavy atom. The summed E-state index contributed by atoms with van der Waals surface area (Å²) < 4.78 is 27.1. The van der Waals surface area contributed by atoms with Gasteiger partial charge >= 0.3 is 0 Å². The Balaban J connectivity index is 1.39. The highest BCUT2D eigenvalue weighted by Crippen LogP contribution is 2.23. The van der Waals surface area contributed by atoms with Crippen LogP contribution < -0.4 is 4.90 Å². The second kappa shape index (κ2) is 8.53. The van der Waals surface area contributed by atoms with Gasteiger partial charge in [-0.15, -0.1) is 0 Å². The summed E-state index contributed by atoms with van der Waals surface area (Å²) in [6.45, 7) is 3.66. The lowest BCUT2D eigenvalue weighted by Gasteiger charge is -2.27. The van der Waals surface area contributed by atoms with Gasteiger partial charge in [0.2, 0.25) is 0 Å². The Bertz CT molecular complexity index is 1310. The highest BCUT2D eigenvalue weighted by atomic mass is 19.2. The molecule has 3 heterocycles.